The summed E-state index contributed by atoms with van der Waals surface area (Å²) in [6.07, 6.45) is 1.44. The van der Waals surface area contributed by atoms with Gasteiger partial charge in [-0.3, -0.25) is 9.13 Å². The summed E-state index contributed by atoms with van der Waals surface area (Å²) in [4.78, 5) is 19.7. The average molecular weight is 193 g/mol. The second-order valence-electron chi connectivity index (χ2n) is 3.05. The summed E-state index contributed by atoms with van der Waals surface area (Å²) in [5.41, 5.74) is 1.26. The van der Waals surface area contributed by atoms with Crippen molar-refractivity contribution >= 4 is 17.0 Å². The van der Waals surface area contributed by atoms with Gasteiger partial charge in [0.05, 0.1) is 0 Å². The van der Waals surface area contributed by atoms with E-state index in [1.54, 1.807) is 21.1 Å². The monoisotopic (exact) mass is 193 g/mol. The maximum absolute atomic E-state index is 11.6. The van der Waals surface area contributed by atoms with Gasteiger partial charge in [-0.1, -0.05) is 0 Å². The fourth-order valence-electron chi connectivity index (χ4n) is 1.52. The van der Waals surface area contributed by atoms with E-state index >= 15 is 0 Å². The fourth-order valence-corrected chi connectivity index (χ4v) is 1.52. The molecule has 2 rings (SSSR count). The highest BCUT2D eigenvalue weighted by molar-refractivity contribution is 5.83. The zero-order valence-electron chi connectivity index (χ0n) is 8.27. The molecule has 2 aromatic heterocycles. The molecule has 0 aliphatic rings. The van der Waals surface area contributed by atoms with Crippen LogP contribution in [0.5, 0.6) is 0 Å². The summed E-state index contributed by atoms with van der Waals surface area (Å²) in [5, 5.41) is 2.93. The van der Waals surface area contributed by atoms with E-state index in [-0.39, 0.29) is 5.69 Å². The third kappa shape index (κ3) is 0.935. The van der Waals surface area contributed by atoms with Crippen molar-refractivity contribution in [1.29, 1.82) is 0 Å². The minimum absolute atomic E-state index is 0.1000. The largest absolute Gasteiger partial charge is 0.371 e. The highest BCUT2D eigenvalue weighted by Crippen LogP contribution is 2.15. The number of imidazole rings is 1. The molecule has 0 saturated carbocycles. The number of nitrogens with zero attached hydrogens (tertiary/aromatic N) is 4. The molecule has 2 aromatic rings. The van der Waals surface area contributed by atoms with Gasteiger partial charge in [0.2, 0.25) is 0 Å². The summed E-state index contributed by atoms with van der Waals surface area (Å²) in [7, 11) is 5.16. The van der Waals surface area contributed by atoms with E-state index in [4.69, 9.17) is 0 Å². The Hall–Kier alpha value is -1.85. The van der Waals surface area contributed by atoms with Crippen LogP contribution in [-0.2, 0) is 14.1 Å². The molecule has 0 spiro atoms. The molecule has 0 aromatic carbocycles. The van der Waals surface area contributed by atoms with Crippen LogP contribution in [0, 0.1) is 0 Å². The third-order valence-corrected chi connectivity index (χ3v) is 2.27. The number of rotatable bonds is 1. The fraction of sp³-hybridized carbons (Fsp3) is 0.375. The lowest BCUT2D eigenvalue weighted by atomic mass is 10.5. The molecule has 2 heterocycles. The van der Waals surface area contributed by atoms with Crippen molar-refractivity contribution in [2.24, 2.45) is 14.1 Å². The average Bonchev–Trinajstić information content (AvgIpc) is 2.44. The molecule has 0 aliphatic carbocycles. The van der Waals surface area contributed by atoms with Gasteiger partial charge in [0.15, 0.2) is 11.5 Å². The number of hydrogen-bond acceptors (Lipinski definition) is 4. The van der Waals surface area contributed by atoms with Crippen LogP contribution in [0.4, 0.5) is 5.82 Å². The Morgan fingerprint density at radius 2 is 2.00 bits per heavy atom. The molecule has 0 bridgehead atoms. The van der Waals surface area contributed by atoms with Crippen LogP contribution in [0.1, 0.15) is 0 Å². The first-order valence-corrected chi connectivity index (χ1v) is 4.21. The third-order valence-electron chi connectivity index (χ3n) is 2.27. The Morgan fingerprint density at radius 3 is 2.64 bits per heavy atom. The Morgan fingerprint density at radius 1 is 1.29 bits per heavy atom. The lowest BCUT2D eigenvalue weighted by Gasteiger charge is -2.00. The molecule has 0 amide bonds. The normalized spacial score (nSPS) is 10.8. The molecule has 0 unspecified atom stereocenters. The summed E-state index contributed by atoms with van der Waals surface area (Å²) in [6.45, 7) is 0. The summed E-state index contributed by atoms with van der Waals surface area (Å²) >= 11 is 0. The summed E-state index contributed by atoms with van der Waals surface area (Å²) in [6, 6.07) is 0. The first kappa shape index (κ1) is 8.74. The van der Waals surface area contributed by atoms with Gasteiger partial charge in [0, 0.05) is 21.1 Å². The number of nitrogens with one attached hydrogen (secondary N) is 1. The van der Waals surface area contributed by atoms with E-state index in [1.807, 2.05) is 0 Å². The maximum atomic E-state index is 11.6. The SMILES string of the molecule is CNc1ncnc2c1n(C)c(=O)n2C. The molecular formula is C8H11N5O. The Bertz CT molecular complexity index is 538. The molecule has 0 fully saturated rings. The van der Waals surface area contributed by atoms with E-state index < -0.39 is 0 Å². The van der Waals surface area contributed by atoms with Gasteiger partial charge in [-0.05, 0) is 0 Å². The van der Waals surface area contributed by atoms with Crippen LogP contribution in [-0.4, -0.2) is 26.1 Å². The molecule has 74 valence electrons. The van der Waals surface area contributed by atoms with Gasteiger partial charge in [-0.25, -0.2) is 14.8 Å². The maximum Gasteiger partial charge on any atom is 0.329 e. The van der Waals surface area contributed by atoms with Gasteiger partial charge in [-0.15, -0.1) is 0 Å². The molecule has 0 saturated heterocycles. The van der Waals surface area contributed by atoms with Crippen molar-refractivity contribution in [2.45, 2.75) is 0 Å². The van der Waals surface area contributed by atoms with E-state index in [2.05, 4.69) is 15.3 Å². The Kier molecular flexibility index (Phi) is 1.77. The van der Waals surface area contributed by atoms with Crippen LogP contribution in [0.15, 0.2) is 11.1 Å². The van der Waals surface area contributed by atoms with Crippen molar-refractivity contribution in [1.82, 2.24) is 19.1 Å². The van der Waals surface area contributed by atoms with Gasteiger partial charge < -0.3 is 5.32 Å². The Labute approximate surface area is 80.2 Å². The van der Waals surface area contributed by atoms with E-state index in [0.717, 1.165) is 5.52 Å². The van der Waals surface area contributed by atoms with Gasteiger partial charge in [0.25, 0.3) is 0 Å². The first-order chi connectivity index (χ1) is 6.66. The standard InChI is InChI=1S/C8H11N5O/c1-9-6-5-7(11-4-10-6)13(3)8(14)12(5)2/h4H,1-3H3,(H,9,10,11). The van der Waals surface area contributed by atoms with Crippen LogP contribution in [0.25, 0.3) is 11.2 Å². The molecule has 0 atom stereocenters. The topological polar surface area (TPSA) is 64.7 Å². The zero-order chi connectivity index (χ0) is 10.3. The molecule has 1 N–H and O–H groups in total. The number of anilines is 1. The predicted molar refractivity (Wildman–Crippen MR) is 53.3 cm³/mol. The quantitative estimate of drug-likeness (QED) is 0.675. The number of aryl methyl sites for hydroxylation is 2. The zero-order valence-corrected chi connectivity index (χ0v) is 8.27. The van der Waals surface area contributed by atoms with E-state index in [0.29, 0.717) is 11.5 Å². The van der Waals surface area contributed by atoms with Crippen molar-refractivity contribution in [3.8, 4) is 0 Å². The minimum atomic E-state index is -0.1000. The molecule has 0 radical (unpaired) electrons. The van der Waals surface area contributed by atoms with E-state index in [9.17, 15) is 4.79 Å². The first-order valence-electron chi connectivity index (χ1n) is 4.21. The lowest BCUT2D eigenvalue weighted by molar-refractivity contribution is 0.791. The Balaban J connectivity index is 3.02. The minimum Gasteiger partial charge on any atom is -0.371 e. The number of fused-ring (bicyclic) bond motifs is 1. The highest BCUT2D eigenvalue weighted by Gasteiger charge is 2.12. The van der Waals surface area contributed by atoms with Crippen molar-refractivity contribution in [3.05, 3.63) is 16.8 Å². The van der Waals surface area contributed by atoms with E-state index in [1.165, 1.54) is 15.5 Å². The highest BCUT2D eigenvalue weighted by atomic mass is 16.1. The second kappa shape index (κ2) is 2.83. The number of aromatic nitrogens is 4. The van der Waals surface area contributed by atoms with Crippen molar-refractivity contribution < 1.29 is 0 Å². The lowest BCUT2D eigenvalue weighted by Crippen LogP contribution is -2.19. The number of hydrogen-bond donors (Lipinski definition) is 1. The predicted octanol–water partition coefficient (Wildman–Crippen LogP) is -0.291. The molecule has 0 aliphatic heterocycles. The van der Waals surface area contributed by atoms with Gasteiger partial charge in [0.1, 0.15) is 11.8 Å². The van der Waals surface area contributed by atoms with Crippen LogP contribution in [0.2, 0.25) is 0 Å². The van der Waals surface area contributed by atoms with Crippen LogP contribution >= 0.6 is 0 Å². The molecular weight excluding hydrogens is 182 g/mol. The molecule has 14 heavy (non-hydrogen) atoms. The second-order valence-corrected chi connectivity index (χ2v) is 3.05. The molecule has 6 heteroatoms. The van der Waals surface area contributed by atoms with Gasteiger partial charge in [-0.2, -0.15) is 0 Å². The van der Waals surface area contributed by atoms with Gasteiger partial charge >= 0.3 is 5.69 Å². The smallest absolute Gasteiger partial charge is 0.329 e. The molecule has 6 nitrogen and oxygen atoms in total. The van der Waals surface area contributed by atoms with Crippen LogP contribution < -0.4 is 11.0 Å². The summed E-state index contributed by atoms with van der Waals surface area (Å²) < 4.78 is 3.03. The summed E-state index contributed by atoms with van der Waals surface area (Å²) in [5.74, 6) is 0.662. The van der Waals surface area contributed by atoms with Crippen LogP contribution in [0.3, 0.4) is 0 Å². The van der Waals surface area contributed by atoms with Crippen molar-refractivity contribution in [2.75, 3.05) is 12.4 Å². The van der Waals surface area contributed by atoms with Crippen molar-refractivity contribution in [3.63, 3.8) is 0 Å².